The van der Waals surface area contributed by atoms with Crippen LogP contribution in [0.2, 0.25) is 0 Å². The van der Waals surface area contributed by atoms with E-state index in [-0.39, 0.29) is 31.3 Å². The summed E-state index contributed by atoms with van der Waals surface area (Å²) in [6.45, 7) is 4.88. The highest BCUT2D eigenvalue weighted by Crippen LogP contribution is 2.14. The molecule has 0 spiro atoms. The second-order valence-corrected chi connectivity index (χ2v) is 7.93. The van der Waals surface area contributed by atoms with Gasteiger partial charge in [-0.25, -0.2) is 4.39 Å². The molecule has 9 nitrogen and oxygen atoms in total. The minimum absolute atomic E-state index is 0.0408. The molecule has 2 heterocycles. The first-order valence-electron chi connectivity index (χ1n) is 10.9. The number of pyridine rings is 1. The van der Waals surface area contributed by atoms with Crippen molar-refractivity contribution < 1.29 is 18.7 Å². The Labute approximate surface area is 197 Å². The highest BCUT2D eigenvalue weighted by Gasteiger charge is 2.12. The maximum Gasteiger partial charge on any atom is 0.244 e. The maximum atomic E-state index is 13.7. The zero-order valence-electron chi connectivity index (χ0n) is 19.5. The molecule has 0 radical (unpaired) electrons. The SMILES string of the molecule is Cc1ccc(OCCN(C)C(=O)Cn2cc(NC(=O)CCNc3cc(C)ncc3F)cn2)cc1. The molecule has 0 saturated carbocycles. The number of benzene rings is 1. The molecule has 34 heavy (non-hydrogen) atoms. The van der Waals surface area contributed by atoms with Crippen LogP contribution in [-0.2, 0) is 16.1 Å². The summed E-state index contributed by atoms with van der Waals surface area (Å²) in [4.78, 5) is 30.0. The van der Waals surface area contributed by atoms with Gasteiger partial charge >= 0.3 is 0 Å². The summed E-state index contributed by atoms with van der Waals surface area (Å²) in [5.41, 5.74) is 2.62. The lowest BCUT2D eigenvalue weighted by Gasteiger charge is -2.17. The van der Waals surface area contributed by atoms with Gasteiger partial charge in [-0.3, -0.25) is 19.3 Å². The number of nitrogens with one attached hydrogen (secondary N) is 2. The molecule has 2 amide bonds. The number of hydrogen-bond donors (Lipinski definition) is 2. The van der Waals surface area contributed by atoms with Crippen LogP contribution in [0.1, 0.15) is 17.7 Å². The first kappa shape index (κ1) is 24.7. The summed E-state index contributed by atoms with van der Waals surface area (Å²) in [5.74, 6) is -0.0962. The monoisotopic (exact) mass is 468 g/mol. The number of anilines is 2. The number of halogens is 1. The van der Waals surface area contributed by atoms with Crippen LogP contribution in [0.3, 0.4) is 0 Å². The van der Waals surface area contributed by atoms with Crippen LogP contribution in [0.15, 0.2) is 48.9 Å². The Morgan fingerprint density at radius 2 is 1.94 bits per heavy atom. The molecule has 0 fully saturated rings. The van der Waals surface area contributed by atoms with E-state index in [1.807, 2.05) is 31.2 Å². The quantitative estimate of drug-likeness (QED) is 0.449. The Balaban J connectivity index is 1.38. The molecule has 0 aliphatic rings. The standard InChI is InChI=1S/C24H29FN6O3/c1-17-4-6-20(7-5-17)34-11-10-30(3)24(33)16-31-15-19(13-28-31)29-23(32)8-9-26-22-12-18(2)27-14-21(22)25/h4-7,12-15H,8-11,16H2,1-3H3,(H,26,27)(H,29,32). The molecular weight excluding hydrogens is 439 g/mol. The lowest BCUT2D eigenvalue weighted by Crippen LogP contribution is -2.33. The van der Waals surface area contributed by atoms with Gasteiger partial charge in [-0.05, 0) is 32.0 Å². The number of carbonyl (C=O) groups excluding carboxylic acids is 2. The van der Waals surface area contributed by atoms with E-state index in [4.69, 9.17) is 4.74 Å². The predicted molar refractivity (Wildman–Crippen MR) is 127 cm³/mol. The Hall–Kier alpha value is -3.95. The van der Waals surface area contributed by atoms with E-state index in [0.717, 1.165) is 17.5 Å². The summed E-state index contributed by atoms with van der Waals surface area (Å²) in [5, 5.41) is 9.73. The average Bonchev–Trinajstić information content (AvgIpc) is 3.23. The van der Waals surface area contributed by atoms with Crippen LogP contribution in [0, 0.1) is 19.7 Å². The molecule has 3 aromatic rings. The van der Waals surface area contributed by atoms with Gasteiger partial charge in [0.15, 0.2) is 5.82 Å². The molecule has 3 rings (SSSR count). The minimum Gasteiger partial charge on any atom is -0.492 e. The van der Waals surface area contributed by atoms with Crippen molar-refractivity contribution in [2.75, 3.05) is 37.4 Å². The van der Waals surface area contributed by atoms with E-state index in [0.29, 0.717) is 30.2 Å². The number of hydrogen-bond acceptors (Lipinski definition) is 6. The van der Waals surface area contributed by atoms with Crippen molar-refractivity contribution in [3.8, 4) is 5.75 Å². The molecule has 0 saturated heterocycles. The molecule has 2 aromatic heterocycles. The van der Waals surface area contributed by atoms with Gasteiger partial charge in [-0.1, -0.05) is 17.7 Å². The van der Waals surface area contributed by atoms with Gasteiger partial charge in [-0.15, -0.1) is 0 Å². The summed E-state index contributed by atoms with van der Waals surface area (Å²) >= 11 is 0. The molecule has 0 atom stereocenters. The molecule has 0 aliphatic heterocycles. The molecule has 1 aromatic carbocycles. The minimum atomic E-state index is -0.469. The number of nitrogens with zero attached hydrogens (tertiary/aromatic N) is 4. The number of carbonyl (C=O) groups is 2. The molecule has 0 unspecified atom stereocenters. The third-order valence-electron chi connectivity index (χ3n) is 5.02. The highest BCUT2D eigenvalue weighted by atomic mass is 19.1. The Morgan fingerprint density at radius 1 is 1.18 bits per heavy atom. The van der Waals surface area contributed by atoms with E-state index in [1.54, 1.807) is 31.1 Å². The number of likely N-dealkylation sites (N-methyl/N-ethyl adjacent to an activating group) is 1. The summed E-state index contributed by atoms with van der Waals surface area (Å²) in [6, 6.07) is 9.31. The average molecular weight is 469 g/mol. The van der Waals surface area contributed by atoms with Crippen molar-refractivity contribution in [1.29, 1.82) is 0 Å². The van der Waals surface area contributed by atoms with Crippen LogP contribution in [0.25, 0.3) is 0 Å². The highest BCUT2D eigenvalue weighted by molar-refractivity contribution is 5.90. The van der Waals surface area contributed by atoms with Crippen molar-refractivity contribution in [2.45, 2.75) is 26.8 Å². The van der Waals surface area contributed by atoms with Gasteiger partial charge in [0.25, 0.3) is 0 Å². The fourth-order valence-electron chi connectivity index (χ4n) is 3.05. The van der Waals surface area contributed by atoms with Gasteiger partial charge < -0.3 is 20.3 Å². The lowest BCUT2D eigenvalue weighted by atomic mass is 10.2. The van der Waals surface area contributed by atoms with Gasteiger partial charge in [0, 0.05) is 31.9 Å². The molecule has 2 N–H and O–H groups in total. The van der Waals surface area contributed by atoms with Gasteiger partial charge in [-0.2, -0.15) is 5.10 Å². The van der Waals surface area contributed by atoms with Crippen molar-refractivity contribution in [3.63, 3.8) is 0 Å². The summed E-state index contributed by atoms with van der Waals surface area (Å²) in [6.07, 6.45) is 4.34. The van der Waals surface area contributed by atoms with E-state index in [1.165, 1.54) is 10.9 Å². The normalized spacial score (nSPS) is 10.6. The van der Waals surface area contributed by atoms with Gasteiger partial charge in [0.05, 0.1) is 30.3 Å². The predicted octanol–water partition coefficient (Wildman–Crippen LogP) is 3.01. The topological polar surface area (TPSA) is 101 Å². The molecular formula is C24H29FN6O3. The Morgan fingerprint density at radius 3 is 2.71 bits per heavy atom. The van der Waals surface area contributed by atoms with Crippen molar-refractivity contribution in [1.82, 2.24) is 19.7 Å². The summed E-state index contributed by atoms with van der Waals surface area (Å²) < 4.78 is 20.8. The van der Waals surface area contributed by atoms with Crippen LogP contribution in [0.4, 0.5) is 15.8 Å². The zero-order chi connectivity index (χ0) is 24.5. The van der Waals surface area contributed by atoms with E-state index in [2.05, 4.69) is 20.7 Å². The fraction of sp³-hybridized carbons (Fsp3) is 0.333. The zero-order valence-corrected chi connectivity index (χ0v) is 19.5. The van der Waals surface area contributed by atoms with Gasteiger partial charge in [0.2, 0.25) is 11.8 Å². The molecule has 180 valence electrons. The largest absolute Gasteiger partial charge is 0.492 e. The van der Waals surface area contributed by atoms with Crippen LogP contribution in [0.5, 0.6) is 5.75 Å². The maximum absolute atomic E-state index is 13.7. The first-order valence-corrected chi connectivity index (χ1v) is 10.9. The smallest absolute Gasteiger partial charge is 0.244 e. The Kier molecular flexibility index (Phi) is 8.55. The fourth-order valence-corrected chi connectivity index (χ4v) is 3.05. The number of ether oxygens (including phenoxy) is 1. The first-order chi connectivity index (χ1) is 16.3. The number of amides is 2. The Bertz CT molecular complexity index is 1120. The second-order valence-electron chi connectivity index (χ2n) is 7.93. The summed E-state index contributed by atoms with van der Waals surface area (Å²) in [7, 11) is 1.70. The van der Waals surface area contributed by atoms with E-state index in [9.17, 15) is 14.0 Å². The third-order valence-corrected chi connectivity index (χ3v) is 5.02. The van der Waals surface area contributed by atoms with Crippen LogP contribution >= 0.6 is 0 Å². The molecule has 0 aliphatic carbocycles. The van der Waals surface area contributed by atoms with E-state index < -0.39 is 5.82 Å². The van der Waals surface area contributed by atoms with Crippen molar-refractivity contribution in [2.24, 2.45) is 0 Å². The third kappa shape index (κ3) is 7.58. The van der Waals surface area contributed by atoms with E-state index >= 15 is 0 Å². The van der Waals surface area contributed by atoms with Crippen LogP contribution < -0.4 is 15.4 Å². The number of rotatable bonds is 11. The number of aryl methyl sites for hydroxylation is 2. The molecule has 10 heteroatoms. The number of aromatic nitrogens is 3. The molecule has 0 bridgehead atoms. The lowest BCUT2D eigenvalue weighted by molar-refractivity contribution is -0.131. The van der Waals surface area contributed by atoms with Crippen LogP contribution in [-0.4, -0.2) is 58.2 Å². The second kappa shape index (κ2) is 11.8. The van der Waals surface area contributed by atoms with Gasteiger partial charge in [0.1, 0.15) is 18.9 Å². The van der Waals surface area contributed by atoms with Crippen molar-refractivity contribution in [3.05, 3.63) is 66.0 Å². The van der Waals surface area contributed by atoms with Crippen molar-refractivity contribution >= 4 is 23.2 Å².